The molecule has 0 saturated heterocycles. The highest BCUT2D eigenvalue weighted by atomic mass is 16.6. The van der Waals surface area contributed by atoms with Gasteiger partial charge in [0, 0.05) is 34.8 Å². The predicted octanol–water partition coefficient (Wildman–Crippen LogP) is 3.61. The van der Waals surface area contributed by atoms with Crippen molar-refractivity contribution < 1.29 is 4.92 Å². The standard InChI is InChI=1S/C16H21N5O2/c1-11-9-13(12(2)20(11)16(3,4)5)10-18-19-15-14(21(22)23)7-6-8-17-15/h6-10H,1-5H3,(H,17,19)/b18-10-. The number of aryl methyl sites for hydroxylation is 1. The van der Waals surface area contributed by atoms with Crippen LogP contribution in [0.4, 0.5) is 11.5 Å². The highest BCUT2D eigenvalue weighted by molar-refractivity contribution is 5.82. The van der Waals surface area contributed by atoms with Gasteiger partial charge < -0.3 is 4.57 Å². The Morgan fingerprint density at radius 3 is 2.65 bits per heavy atom. The maximum atomic E-state index is 10.9. The number of nitro groups is 1. The summed E-state index contributed by atoms with van der Waals surface area (Å²) < 4.78 is 2.23. The van der Waals surface area contributed by atoms with E-state index in [-0.39, 0.29) is 17.0 Å². The Hall–Kier alpha value is -2.70. The molecule has 0 saturated carbocycles. The Labute approximate surface area is 135 Å². The summed E-state index contributed by atoms with van der Waals surface area (Å²) in [6, 6.07) is 4.94. The molecule has 0 fully saturated rings. The van der Waals surface area contributed by atoms with Gasteiger partial charge in [-0.2, -0.15) is 5.10 Å². The summed E-state index contributed by atoms with van der Waals surface area (Å²) in [6.45, 7) is 10.5. The van der Waals surface area contributed by atoms with E-state index in [4.69, 9.17) is 0 Å². The van der Waals surface area contributed by atoms with Crippen LogP contribution < -0.4 is 5.43 Å². The quantitative estimate of drug-likeness (QED) is 0.530. The van der Waals surface area contributed by atoms with Crippen LogP contribution in [0.1, 0.15) is 37.7 Å². The first-order valence-corrected chi connectivity index (χ1v) is 7.29. The minimum atomic E-state index is -0.490. The lowest BCUT2D eigenvalue weighted by Crippen LogP contribution is -2.24. The molecule has 0 aliphatic rings. The Morgan fingerprint density at radius 2 is 2.09 bits per heavy atom. The first kappa shape index (κ1) is 16.7. The summed E-state index contributed by atoms with van der Waals surface area (Å²) in [5.41, 5.74) is 5.71. The van der Waals surface area contributed by atoms with Gasteiger partial charge in [-0.05, 0) is 46.8 Å². The van der Waals surface area contributed by atoms with E-state index in [1.54, 1.807) is 6.21 Å². The van der Waals surface area contributed by atoms with Crippen LogP contribution in [-0.2, 0) is 5.54 Å². The van der Waals surface area contributed by atoms with Gasteiger partial charge in [-0.15, -0.1) is 0 Å². The second-order valence-corrected chi connectivity index (χ2v) is 6.33. The molecule has 0 bridgehead atoms. The van der Waals surface area contributed by atoms with E-state index in [0.29, 0.717) is 0 Å². The number of hydrazone groups is 1. The number of anilines is 1. The molecular weight excluding hydrogens is 294 g/mol. The molecule has 0 unspecified atom stereocenters. The van der Waals surface area contributed by atoms with E-state index >= 15 is 0 Å². The molecule has 2 rings (SSSR count). The van der Waals surface area contributed by atoms with Crippen LogP contribution in [0.2, 0.25) is 0 Å². The third kappa shape index (κ3) is 3.56. The Morgan fingerprint density at radius 1 is 1.39 bits per heavy atom. The molecule has 0 spiro atoms. The first-order valence-electron chi connectivity index (χ1n) is 7.29. The molecule has 0 radical (unpaired) electrons. The maximum Gasteiger partial charge on any atom is 0.313 e. The molecule has 2 heterocycles. The average molecular weight is 315 g/mol. The normalized spacial score (nSPS) is 11.9. The van der Waals surface area contributed by atoms with Crippen molar-refractivity contribution in [3.8, 4) is 0 Å². The van der Waals surface area contributed by atoms with Crippen molar-refractivity contribution in [3.63, 3.8) is 0 Å². The summed E-state index contributed by atoms with van der Waals surface area (Å²) >= 11 is 0. The Kier molecular flexibility index (Phi) is 4.49. The van der Waals surface area contributed by atoms with E-state index in [9.17, 15) is 10.1 Å². The van der Waals surface area contributed by atoms with Gasteiger partial charge in [0.25, 0.3) is 0 Å². The van der Waals surface area contributed by atoms with E-state index in [2.05, 4.69) is 40.8 Å². The zero-order chi connectivity index (χ0) is 17.2. The van der Waals surface area contributed by atoms with Crippen LogP contribution in [0, 0.1) is 24.0 Å². The van der Waals surface area contributed by atoms with E-state index in [0.717, 1.165) is 17.0 Å². The lowest BCUT2D eigenvalue weighted by molar-refractivity contribution is -0.384. The summed E-state index contributed by atoms with van der Waals surface area (Å²) in [5.74, 6) is 0.123. The fourth-order valence-corrected chi connectivity index (χ4v) is 2.74. The molecular formula is C16H21N5O2. The fourth-order valence-electron chi connectivity index (χ4n) is 2.74. The number of aromatic nitrogens is 2. The molecule has 0 aliphatic heterocycles. The minimum Gasteiger partial charge on any atom is -0.343 e. The highest BCUT2D eigenvalue weighted by Crippen LogP contribution is 2.24. The van der Waals surface area contributed by atoms with Crippen LogP contribution in [0.5, 0.6) is 0 Å². The average Bonchev–Trinajstić information content (AvgIpc) is 2.73. The van der Waals surface area contributed by atoms with Gasteiger partial charge in [-0.1, -0.05) is 0 Å². The second-order valence-electron chi connectivity index (χ2n) is 6.33. The lowest BCUT2D eigenvalue weighted by Gasteiger charge is -2.25. The van der Waals surface area contributed by atoms with Crippen LogP contribution in [0.15, 0.2) is 29.5 Å². The van der Waals surface area contributed by atoms with Crippen molar-refractivity contribution in [2.45, 2.75) is 40.2 Å². The molecule has 7 heteroatoms. The molecule has 7 nitrogen and oxygen atoms in total. The molecule has 2 aromatic heterocycles. The first-order chi connectivity index (χ1) is 10.7. The van der Waals surface area contributed by atoms with Gasteiger partial charge in [0.05, 0.1) is 11.1 Å². The van der Waals surface area contributed by atoms with Crippen LogP contribution in [0.25, 0.3) is 0 Å². The van der Waals surface area contributed by atoms with Crippen LogP contribution >= 0.6 is 0 Å². The SMILES string of the molecule is Cc1cc(/C=N\Nc2ncccc2[N+](=O)[O-])c(C)n1C(C)(C)C. The number of nitrogens with zero attached hydrogens (tertiary/aromatic N) is 4. The Balaban J connectivity index is 2.25. The van der Waals surface area contributed by atoms with E-state index in [1.807, 2.05) is 19.9 Å². The van der Waals surface area contributed by atoms with Gasteiger partial charge in [-0.25, -0.2) is 4.98 Å². The molecule has 23 heavy (non-hydrogen) atoms. The smallest absolute Gasteiger partial charge is 0.313 e. The number of nitrogens with one attached hydrogen (secondary N) is 1. The van der Waals surface area contributed by atoms with Gasteiger partial charge in [0.1, 0.15) is 0 Å². The van der Waals surface area contributed by atoms with Crippen molar-refractivity contribution in [1.29, 1.82) is 0 Å². The third-order valence-electron chi connectivity index (χ3n) is 3.50. The van der Waals surface area contributed by atoms with Gasteiger partial charge in [0.15, 0.2) is 0 Å². The molecule has 1 N–H and O–H groups in total. The Bertz CT molecular complexity index is 756. The number of pyridine rings is 1. The molecule has 0 aliphatic carbocycles. The number of hydrogen-bond donors (Lipinski definition) is 1. The zero-order valence-electron chi connectivity index (χ0n) is 14.0. The topological polar surface area (TPSA) is 85.3 Å². The maximum absolute atomic E-state index is 10.9. The molecule has 0 aromatic carbocycles. The predicted molar refractivity (Wildman–Crippen MR) is 91.0 cm³/mol. The van der Waals surface area contributed by atoms with Crippen LogP contribution in [-0.4, -0.2) is 20.7 Å². The summed E-state index contributed by atoms with van der Waals surface area (Å²) in [7, 11) is 0. The van der Waals surface area contributed by atoms with Crippen molar-refractivity contribution in [2.24, 2.45) is 5.10 Å². The number of hydrogen-bond acceptors (Lipinski definition) is 5. The molecule has 0 amide bonds. The van der Waals surface area contributed by atoms with E-state index < -0.39 is 4.92 Å². The number of rotatable bonds is 4. The van der Waals surface area contributed by atoms with E-state index in [1.165, 1.54) is 18.3 Å². The van der Waals surface area contributed by atoms with Gasteiger partial charge in [-0.3, -0.25) is 15.5 Å². The fraction of sp³-hybridized carbons (Fsp3) is 0.375. The van der Waals surface area contributed by atoms with Gasteiger partial charge >= 0.3 is 5.69 Å². The lowest BCUT2D eigenvalue weighted by atomic mass is 10.1. The van der Waals surface area contributed by atoms with Crippen LogP contribution in [0.3, 0.4) is 0 Å². The van der Waals surface area contributed by atoms with Gasteiger partial charge in [0.2, 0.25) is 5.82 Å². The molecule has 122 valence electrons. The summed E-state index contributed by atoms with van der Waals surface area (Å²) in [5, 5.41) is 15.0. The highest BCUT2D eigenvalue weighted by Gasteiger charge is 2.19. The zero-order valence-corrected chi connectivity index (χ0v) is 14.0. The van der Waals surface area contributed by atoms with Crippen molar-refractivity contribution in [3.05, 3.63) is 51.5 Å². The van der Waals surface area contributed by atoms with Crippen molar-refractivity contribution >= 4 is 17.7 Å². The van der Waals surface area contributed by atoms with Crippen molar-refractivity contribution in [2.75, 3.05) is 5.43 Å². The molecule has 0 atom stereocenters. The van der Waals surface area contributed by atoms with Crippen molar-refractivity contribution in [1.82, 2.24) is 9.55 Å². The minimum absolute atomic E-state index is 0.0204. The molecule has 2 aromatic rings. The third-order valence-corrected chi connectivity index (χ3v) is 3.50. The monoisotopic (exact) mass is 315 g/mol. The summed E-state index contributed by atoms with van der Waals surface area (Å²) in [6.07, 6.45) is 3.14. The largest absolute Gasteiger partial charge is 0.343 e. The second kappa shape index (κ2) is 6.20. The summed E-state index contributed by atoms with van der Waals surface area (Å²) in [4.78, 5) is 14.4.